The largest absolute Gasteiger partial charge is 0.477 e. The van der Waals surface area contributed by atoms with E-state index >= 15 is 0 Å². The number of Topliss-reactive ketones (excluding diaryl/α,β-unsaturated/α-hetero) is 1. The van der Waals surface area contributed by atoms with Crippen LogP contribution in [0.2, 0.25) is 0 Å². The molecule has 106 valence electrons. The van der Waals surface area contributed by atoms with Crippen LogP contribution >= 0.6 is 0 Å². The van der Waals surface area contributed by atoms with Crippen LogP contribution in [-0.2, 0) is 4.74 Å². The van der Waals surface area contributed by atoms with E-state index in [1.165, 1.54) is 0 Å². The number of rotatable bonds is 3. The monoisotopic (exact) mass is 287 g/mol. The van der Waals surface area contributed by atoms with Crippen LogP contribution < -0.4 is 0 Å². The van der Waals surface area contributed by atoms with E-state index in [-0.39, 0.29) is 18.1 Å². The van der Waals surface area contributed by atoms with E-state index in [1.54, 1.807) is 12.1 Å². The van der Waals surface area contributed by atoms with Crippen LogP contribution in [0.3, 0.4) is 0 Å². The van der Waals surface area contributed by atoms with Gasteiger partial charge in [-0.15, -0.1) is 6.42 Å². The van der Waals surface area contributed by atoms with Crippen molar-refractivity contribution in [3.8, 4) is 12.3 Å². The van der Waals surface area contributed by atoms with Gasteiger partial charge >= 0.3 is 0 Å². The fourth-order valence-corrected chi connectivity index (χ4v) is 2.27. The minimum Gasteiger partial charge on any atom is -0.477 e. The zero-order valence-electron chi connectivity index (χ0n) is 11.8. The standard InChI is InChI=1S/C19H13NO2/c1-2-12-22-18-13-17(20-14-8-4-3-5-9-14)15-10-6-7-11-16(15)19(18)21/h1,3-11,13H,12H2. The number of hydrogen-bond donors (Lipinski definition) is 0. The van der Waals surface area contributed by atoms with Crippen molar-refractivity contribution in [3.63, 3.8) is 0 Å². The molecule has 0 radical (unpaired) electrons. The lowest BCUT2D eigenvalue weighted by Crippen LogP contribution is -2.19. The van der Waals surface area contributed by atoms with Gasteiger partial charge in [0.2, 0.25) is 5.78 Å². The summed E-state index contributed by atoms with van der Waals surface area (Å²) in [7, 11) is 0. The number of terminal acetylenes is 1. The van der Waals surface area contributed by atoms with Crippen molar-refractivity contribution in [2.24, 2.45) is 4.99 Å². The molecule has 0 fully saturated rings. The molecule has 0 saturated heterocycles. The fourth-order valence-electron chi connectivity index (χ4n) is 2.27. The molecule has 0 bridgehead atoms. The maximum absolute atomic E-state index is 12.4. The Morgan fingerprint density at radius 2 is 1.68 bits per heavy atom. The van der Waals surface area contributed by atoms with Crippen molar-refractivity contribution < 1.29 is 9.53 Å². The van der Waals surface area contributed by atoms with E-state index in [1.807, 2.05) is 48.5 Å². The van der Waals surface area contributed by atoms with Crippen LogP contribution in [-0.4, -0.2) is 18.1 Å². The summed E-state index contributed by atoms with van der Waals surface area (Å²) >= 11 is 0. The molecule has 0 unspecified atom stereocenters. The zero-order chi connectivity index (χ0) is 15.4. The van der Waals surface area contributed by atoms with Gasteiger partial charge in [-0.05, 0) is 12.1 Å². The van der Waals surface area contributed by atoms with E-state index in [2.05, 4.69) is 10.9 Å². The summed E-state index contributed by atoms with van der Waals surface area (Å²) in [4.78, 5) is 17.0. The van der Waals surface area contributed by atoms with E-state index in [4.69, 9.17) is 11.2 Å². The first kappa shape index (κ1) is 13.8. The molecule has 3 heteroatoms. The number of fused-ring (bicyclic) bond motifs is 1. The average Bonchev–Trinajstić information content (AvgIpc) is 2.57. The van der Waals surface area contributed by atoms with E-state index in [9.17, 15) is 4.79 Å². The highest BCUT2D eigenvalue weighted by atomic mass is 16.5. The van der Waals surface area contributed by atoms with Gasteiger partial charge in [0.15, 0.2) is 5.76 Å². The molecule has 0 N–H and O–H groups in total. The van der Waals surface area contributed by atoms with Crippen molar-refractivity contribution in [2.45, 2.75) is 0 Å². The lowest BCUT2D eigenvalue weighted by atomic mass is 9.93. The molecule has 3 rings (SSSR count). The first-order chi connectivity index (χ1) is 10.8. The lowest BCUT2D eigenvalue weighted by molar-refractivity contribution is 0.0937. The minimum absolute atomic E-state index is 0.0539. The number of para-hydroxylation sites is 1. The molecular weight excluding hydrogens is 274 g/mol. The van der Waals surface area contributed by atoms with Gasteiger partial charge in [0.25, 0.3) is 0 Å². The summed E-state index contributed by atoms with van der Waals surface area (Å²) in [6.45, 7) is 0.0539. The molecule has 1 aliphatic carbocycles. The predicted octanol–water partition coefficient (Wildman–Crippen LogP) is 3.54. The van der Waals surface area contributed by atoms with Gasteiger partial charge in [0.05, 0.1) is 11.4 Å². The number of nitrogens with zero attached hydrogens (tertiary/aromatic N) is 1. The number of carbonyl (C=O) groups excluding carboxylic acids is 1. The van der Waals surface area contributed by atoms with Crippen LogP contribution in [0.15, 0.2) is 71.4 Å². The molecule has 2 aromatic carbocycles. The summed E-state index contributed by atoms with van der Waals surface area (Å²) in [5.74, 6) is 2.43. The molecule has 0 amide bonds. The Kier molecular flexibility index (Phi) is 3.84. The van der Waals surface area contributed by atoms with Crippen LogP contribution in [0, 0.1) is 12.3 Å². The summed E-state index contributed by atoms with van der Waals surface area (Å²) in [5, 5.41) is 0. The van der Waals surface area contributed by atoms with Crippen LogP contribution in [0.25, 0.3) is 0 Å². The van der Waals surface area contributed by atoms with Crippen molar-refractivity contribution in [1.82, 2.24) is 0 Å². The predicted molar refractivity (Wildman–Crippen MR) is 86.3 cm³/mol. The Morgan fingerprint density at radius 3 is 2.41 bits per heavy atom. The van der Waals surface area contributed by atoms with E-state index in [0.717, 1.165) is 11.3 Å². The van der Waals surface area contributed by atoms with Gasteiger partial charge in [-0.2, -0.15) is 0 Å². The quantitative estimate of drug-likeness (QED) is 0.810. The van der Waals surface area contributed by atoms with Crippen molar-refractivity contribution >= 4 is 17.2 Å². The van der Waals surface area contributed by atoms with Gasteiger partial charge in [0.1, 0.15) is 6.61 Å². The van der Waals surface area contributed by atoms with E-state index in [0.29, 0.717) is 11.3 Å². The number of allylic oxidation sites excluding steroid dienone is 2. The maximum Gasteiger partial charge on any atom is 0.228 e. The molecule has 3 nitrogen and oxygen atoms in total. The van der Waals surface area contributed by atoms with Gasteiger partial charge in [-0.25, -0.2) is 4.99 Å². The molecule has 0 atom stereocenters. The van der Waals surface area contributed by atoms with Gasteiger partial charge in [-0.1, -0.05) is 48.4 Å². The Labute approximate surface area is 129 Å². The Balaban J connectivity index is 2.10. The number of ketones is 1. The third kappa shape index (κ3) is 2.68. The minimum atomic E-state index is -0.169. The number of aliphatic imine (C=N–C) groups is 1. The lowest BCUT2D eigenvalue weighted by Gasteiger charge is -2.17. The van der Waals surface area contributed by atoms with Crippen LogP contribution in [0.1, 0.15) is 15.9 Å². The number of benzene rings is 2. The van der Waals surface area contributed by atoms with Crippen LogP contribution in [0.4, 0.5) is 5.69 Å². The van der Waals surface area contributed by atoms with Gasteiger partial charge in [0, 0.05) is 17.2 Å². The second-order valence-electron chi connectivity index (χ2n) is 4.71. The van der Waals surface area contributed by atoms with Crippen molar-refractivity contribution in [1.29, 1.82) is 0 Å². The highest BCUT2D eigenvalue weighted by Crippen LogP contribution is 2.24. The van der Waals surface area contributed by atoms with E-state index < -0.39 is 0 Å². The summed E-state index contributed by atoms with van der Waals surface area (Å²) in [5.41, 5.74) is 2.87. The second-order valence-corrected chi connectivity index (χ2v) is 4.71. The first-order valence-electron chi connectivity index (χ1n) is 6.85. The smallest absolute Gasteiger partial charge is 0.228 e. The van der Waals surface area contributed by atoms with Crippen molar-refractivity contribution in [3.05, 3.63) is 77.6 Å². The van der Waals surface area contributed by atoms with Gasteiger partial charge in [-0.3, -0.25) is 4.79 Å². The second kappa shape index (κ2) is 6.11. The molecule has 0 saturated carbocycles. The highest BCUT2D eigenvalue weighted by molar-refractivity contribution is 6.25. The average molecular weight is 287 g/mol. The first-order valence-corrected chi connectivity index (χ1v) is 6.85. The molecule has 22 heavy (non-hydrogen) atoms. The molecule has 1 aliphatic rings. The summed E-state index contributed by atoms with van der Waals surface area (Å²) in [6, 6.07) is 16.9. The maximum atomic E-state index is 12.4. The summed E-state index contributed by atoms with van der Waals surface area (Å²) in [6.07, 6.45) is 6.85. The molecule has 0 heterocycles. The number of ether oxygens (including phenoxy) is 1. The number of carbonyl (C=O) groups is 1. The molecule has 0 aliphatic heterocycles. The molecule has 0 spiro atoms. The third-order valence-corrected chi connectivity index (χ3v) is 3.26. The molecular formula is C19H13NO2. The fraction of sp³-hybridized carbons (Fsp3) is 0.0526. The zero-order valence-corrected chi connectivity index (χ0v) is 11.8. The Morgan fingerprint density at radius 1 is 1.00 bits per heavy atom. The highest BCUT2D eigenvalue weighted by Gasteiger charge is 2.25. The SMILES string of the molecule is C#CCOC1=CC(=Nc2ccccc2)c2ccccc2C1=O. The summed E-state index contributed by atoms with van der Waals surface area (Å²) < 4.78 is 5.36. The third-order valence-electron chi connectivity index (χ3n) is 3.26. The Bertz CT molecular complexity index is 811. The topological polar surface area (TPSA) is 38.7 Å². The molecule has 0 aromatic heterocycles. The van der Waals surface area contributed by atoms with Crippen molar-refractivity contribution in [2.75, 3.05) is 6.61 Å². The number of hydrogen-bond acceptors (Lipinski definition) is 3. The molecule has 2 aromatic rings. The van der Waals surface area contributed by atoms with Gasteiger partial charge < -0.3 is 4.74 Å². The normalized spacial score (nSPS) is 15.0. The Hall–Kier alpha value is -3.12. The van der Waals surface area contributed by atoms with Crippen LogP contribution in [0.5, 0.6) is 0 Å².